The molecule has 0 radical (unpaired) electrons. The van der Waals surface area contributed by atoms with Crippen LogP contribution in [0.5, 0.6) is 0 Å². The van der Waals surface area contributed by atoms with Gasteiger partial charge in [-0.25, -0.2) is 4.79 Å². The molecule has 2 amide bonds. The average molecular weight is 483 g/mol. The quantitative estimate of drug-likeness (QED) is 0.445. The third kappa shape index (κ3) is 6.60. The topological polar surface area (TPSA) is 114 Å². The van der Waals surface area contributed by atoms with Gasteiger partial charge in [0.25, 0.3) is 0 Å². The van der Waals surface area contributed by atoms with E-state index in [0.717, 1.165) is 22.3 Å². The highest BCUT2D eigenvalue weighted by Crippen LogP contribution is 2.44. The number of benzene rings is 2. The molecule has 0 saturated carbocycles. The second-order valence-corrected chi connectivity index (χ2v) is 9.40. The van der Waals surface area contributed by atoms with Gasteiger partial charge in [0.2, 0.25) is 5.91 Å². The van der Waals surface area contributed by atoms with E-state index in [2.05, 4.69) is 22.8 Å². The minimum atomic E-state index is -1.00. The molecule has 0 aliphatic heterocycles. The molecular formula is C27H34N2O6. The zero-order chi connectivity index (χ0) is 25.6. The first-order chi connectivity index (χ1) is 16.6. The second-order valence-electron chi connectivity index (χ2n) is 9.40. The normalized spacial score (nSPS) is 14.4. The lowest BCUT2D eigenvalue weighted by Crippen LogP contribution is -2.52. The number of carboxylic acids is 1. The van der Waals surface area contributed by atoms with Gasteiger partial charge in [-0.2, -0.15) is 0 Å². The van der Waals surface area contributed by atoms with Crippen LogP contribution < -0.4 is 10.6 Å². The number of carbonyl (C=O) groups excluding carboxylic acids is 2. The number of amides is 2. The average Bonchev–Trinajstić information content (AvgIpc) is 3.15. The van der Waals surface area contributed by atoms with Gasteiger partial charge in [0.1, 0.15) is 12.6 Å². The summed E-state index contributed by atoms with van der Waals surface area (Å²) in [6.07, 6.45) is -0.287. The number of carbonyl (C=O) groups is 3. The summed E-state index contributed by atoms with van der Waals surface area (Å²) in [7, 11) is 1.53. The highest BCUT2D eigenvalue weighted by Gasteiger charge is 2.32. The number of carboxylic acid groups (broad SMARTS) is 1. The van der Waals surface area contributed by atoms with Gasteiger partial charge in [-0.3, -0.25) is 9.59 Å². The van der Waals surface area contributed by atoms with Crippen molar-refractivity contribution in [2.24, 2.45) is 0 Å². The highest BCUT2D eigenvalue weighted by molar-refractivity contribution is 5.86. The number of hydrogen-bond acceptors (Lipinski definition) is 5. The van der Waals surface area contributed by atoms with Gasteiger partial charge in [-0.1, -0.05) is 55.5 Å². The Kier molecular flexibility index (Phi) is 8.51. The van der Waals surface area contributed by atoms with Crippen molar-refractivity contribution in [2.75, 3.05) is 13.7 Å². The zero-order valence-corrected chi connectivity index (χ0v) is 20.7. The van der Waals surface area contributed by atoms with Gasteiger partial charge in [0.05, 0.1) is 12.0 Å². The van der Waals surface area contributed by atoms with Gasteiger partial charge in [-0.05, 0) is 42.5 Å². The molecule has 2 aromatic rings. The maximum atomic E-state index is 13.0. The Morgan fingerprint density at radius 2 is 1.57 bits per heavy atom. The first-order valence-electron chi connectivity index (χ1n) is 11.8. The molecule has 2 atom stereocenters. The van der Waals surface area contributed by atoms with E-state index in [9.17, 15) is 14.4 Å². The van der Waals surface area contributed by atoms with Gasteiger partial charge in [-0.15, -0.1) is 0 Å². The summed E-state index contributed by atoms with van der Waals surface area (Å²) in [6.45, 7) is 5.53. The SMILES string of the molecule is CC[C@@H](CC(=O)O)NC(=O)C(CC(C)(C)OC)NC(=O)OCC1c2ccccc2-c2ccccc21. The Bertz CT molecular complexity index is 1020. The zero-order valence-electron chi connectivity index (χ0n) is 20.7. The molecule has 1 aliphatic carbocycles. The van der Waals surface area contributed by atoms with Crippen LogP contribution in [0, 0.1) is 0 Å². The molecule has 3 N–H and O–H groups in total. The number of alkyl carbamates (subject to hydrolysis) is 1. The molecule has 188 valence electrons. The van der Waals surface area contributed by atoms with Crippen molar-refractivity contribution in [3.05, 3.63) is 59.7 Å². The Labute approximate surface area is 206 Å². The van der Waals surface area contributed by atoms with Crippen molar-refractivity contribution in [1.29, 1.82) is 0 Å². The summed E-state index contributed by atoms with van der Waals surface area (Å²) in [5.74, 6) is -1.58. The summed E-state index contributed by atoms with van der Waals surface area (Å²) >= 11 is 0. The largest absolute Gasteiger partial charge is 0.481 e. The molecule has 35 heavy (non-hydrogen) atoms. The van der Waals surface area contributed by atoms with Crippen molar-refractivity contribution >= 4 is 18.0 Å². The van der Waals surface area contributed by atoms with Crippen molar-refractivity contribution in [2.45, 2.75) is 63.6 Å². The second kappa shape index (κ2) is 11.4. The molecule has 0 heterocycles. The lowest BCUT2D eigenvalue weighted by Gasteiger charge is -2.29. The van der Waals surface area contributed by atoms with E-state index < -0.39 is 35.7 Å². The molecule has 8 nitrogen and oxygen atoms in total. The predicted molar refractivity (Wildman–Crippen MR) is 132 cm³/mol. The van der Waals surface area contributed by atoms with Crippen LogP contribution in [0.1, 0.15) is 57.1 Å². The lowest BCUT2D eigenvalue weighted by molar-refractivity contribution is -0.137. The first-order valence-corrected chi connectivity index (χ1v) is 11.8. The number of aliphatic carboxylic acids is 1. The predicted octanol–water partition coefficient (Wildman–Crippen LogP) is 4.08. The minimum absolute atomic E-state index is 0.101. The van der Waals surface area contributed by atoms with E-state index in [0.29, 0.717) is 6.42 Å². The number of ether oxygens (including phenoxy) is 2. The van der Waals surface area contributed by atoms with E-state index in [1.807, 2.05) is 36.4 Å². The number of nitrogens with one attached hydrogen (secondary N) is 2. The lowest BCUT2D eigenvalue weighted by atomic mass is 9.97. The van der Waals surface area contributed by atoms with Crippen LogP contribution in [0.3, 0.4) is 0 Å². The summed E-state index contributed by atoms with van der Waals surface area (Å²) in [4.78, 5) is 36.9. The van der Waals surface area contributed by atoms with Gasteiger partial charge in [0, 0.05) is 25.5 Å². The molecule has 8 heteroatoms. The van der Waals surface area contributed by atoms with Crippen LogP contribution in [-0.4, -0.2) is 54.5 Å². The van der Waals surface area contributed by atoms with E-state index in [-0.39, 0.29) is 25.4 Å². The minimum Gasteiger partial charge on any atom is -0.481 e. The number of hydrogen-bond donors (Lipinski definition) is 3. The third-order valence-electron chi connectivity index (χ3n) is 6.46. The van der Waals surface area contributed by atoms with Crippen LogP contribution in [0.4, 0.5) is 4.79 Å². The molecule has 0 aromatic heterocycles. The third-order valence-corrected chi connectivity index (χ3v) is 6.46. The molecule has 0 fully saturated rings. The molecule has 0 spiro atoms. The summed E-state index contributed by atoms with van der Waals surface area (Å²) in [5, 5.41) is 14.5. The Balaban J connectivity index is 1.70. The monoisotopic (exact) mass is 482 g/mol. The van der Waals surface area contributed by atoms with E-state index >= 15 is 0 Å². The Hall–Kier alpha value is -3.39. The van der Waals surface area contributed by atoms with E-state index in [1.54, 1.807) is 20.8 Å². The van der Waals surface area contributed by atoms with E-state index in [4.69, 9.17) is 14.6 Å². The maximum Gasteiger partial charge on any atom is 0.407 e. The highest BCUT2D eigenvalue weighted by atomic mass is 16.5. The van der Waals surface area contributed by atoms with Crippen LogP contribution in [0.15, 0.2) is 48.5 Å². The number of rotatable bonds is 11. The molecule has 1 aliphatic rings. The van der Waals surface area contributed by atoms with Crippen molar-refractivity contribution < 1.29 is 29.0 Å². The van der Waals surface area contributed by atoms with Gasteiger partial charge < -0.3 is 25.2 Å². The van der Waals surface area contributed by atoms with Crippen LogP contribution >= 0.6 is 0 Å². The Morgan fingerprint density at radius 3 is 2.09 bits per heavy atom. The first kappa shape index (κ1) is 26.2. The van der Waals surface area contributed by atoms with Gasteiger partial charge in [0.15, 0.2) is 0 Å². The summed E-state index contributed by atoms with van der Waals surface area (Å²) in [6, 6.07) is 14.6. The summed E-state index contributed by atoms with van der Waals surface area (Å²) < 4.78 is 11.0. The molecule has 2 aromatic carbocycles. The van der Waals surface area contributed by atoms with Crippen LogP contribution in [0.2, 0.25) is 0 Å². The molecular weight excluding hydrogens is 448 g/mol. The fourth-order valence-corrected chi connectivity index (χ4v) is 4.38. The number of methoxy groups -OCH3 is 1. The van der Waals surface area contributed by atoms with Crippen LogP contribution in [-0.2, 0) is 19.1 Å². The maximum absolute atomic E-state index is 13.0. The number of fused-ring (bicyclic) bond motifs is 3. The Morgan fingerprint density at radius 1 is 1.00 bits per heavy atom. The molecule has 0 bridgehead atoms. The fraction of sp³-hybridized carbons (Fsp3) is 0.444. The standard InChI is InChI=1S/C27H34N2O6/c1-5-17(14-24(30)31)28-25(32)23(15-27(2,3)34-4)29-26(33)35-16-22-20-12-8-6-10-18(20)19-11-7-9-13-21(19)22/h6-13,17,22-23H,5,14-16H2,1-4H3,(H,28,32)(H,29,33)(H,30,31)/t17-,23?/m0/s1. The summed E-state index contributed by atoms with van der Waals surface area (Å²) in [5.41, 5.74) is 3.74. The van der Waals surface area contributed by atoms with Gasteiger partial charge >= 0.3 is 12.1 Å². The van der Waals surface area contributed by atoms with Crippen molar-refractivity contribution in [3.8, 4) is 11.1 Å². The van der Waals surface area contributed by atoms with Crippen molar-refractivity contribution in [1.82, 2.24) is 10.6 Å². The van der Waals surface area contributed by atoms with Crippen LogP contribution in [0.25, 0.3) is 11.1 Å². The van der Waals surface area contributed by atoms with E-state index in [1.165, 1.54) is 7.11 Å². The fourth-order valence-electron chi connectivity index (χ4n) is 4.38. The smallest absolute Gasteiger partial charge is 0.407 e. The molecule has 1 unspecified atom stereocenters. The molecule has 0 saturated heterocycles. The molecule has 3 rings (SSSR count). The van der Waals surface area contributed by atoms with Crippen molar-refractivity contribution in [3.63, 3.8) is 0 Å².